The van der Waals surface area contributed by atoms with Gasteiger partial charge in [0.05, 0.1) is 0 Å². The molecular weight excluding hydrogens is 769 g/mol. The molecular formula is C64H80. The molecule has 0 nitrogen and oxygen atoms in total. The highest BCUT2D eigenvalue weighted by Gasteiger charge is 2.38. The average molecular weight is 849 g/mol. The second-order valence-electron chi connectivity index (χ2n) is 19.6. The van der Waals surface area contributed by atoms with Gasteiger partial charge in [-0.2, -0.15) is 0 Å². The highest BCUT2D eigenvalue weighted by atomic mass is 14.4. The molecule has 0 heteroatoms. The molecule has 7 rings (SSSR count). The van der Waals surface area contributed by atoms with Crippen LogP contribution >= 0.6 is 0 Å². The lowest BCUT2D eigenvalue weighted by molar-refractivity contribution is 0.858. The number of hydrogen-bond acceptors (Lipinski definition) is 0. The van der Waals surface area contributed by atoms with Gasteiger partial charge in [0.1, 0.15) is 0 Å². The van der Waals surface area contributed by atoms with Gasteiger partial charge in [0.15, 0.2) is 0 Å². The molecule has 0 bridgehead atoms. The summed E-state index contributed by atoms with van der Waals surface area (Å²) in [5, 5.41) is 0. The molecule has 0 radical (unpaired) electrons. The van der Waals surface area contributed by atoms with Gasteiger partial charge in [-0.1, -0.05) is 202 Å². The second-order valence-corrected chi connectivity index (χ2v) is 19.6. The standard InChI is InChI=1S/C64H80/c1-13-23-45-33-41(9)37-55(49(45)27-17-5)61-59-53-31-21-22-32-54(53)60(59)62(56-38-42(10)34-46(24-14-2)50(56)28-18-6)64(58-40-44(12)36-48(26-16-4)52(58)30-20-8)63(61)57-39-43(11)35-47(25-15-3)51(57)29-19-7/h21-22,31-40H,13-20,23-30H2,1-12H3. The minimum Gasteiger partial charge on any atom is -0.0651 e. The molecule has 1 aliphatic carbocycles. The summed E-state index contributed by atoms with van der Waals surface area (Å²) >= 11 is 0. The molecule has 6 aromatic carbocycles. The predicted molar refractivity (Wildman–Crippen MR) is 284 cm³/mol. The van der Waals surface area contributed by atoms with Crippen LogP contribution in [0.15, 0.2) is 72.8 Å². The normalized spacial score (nSPS) is 11.8. The third-order valence-corrected chi connectivity index (χ3v) is 14.1. The molecule has 0 unspecified atom stereocenters. The molecule has 0 heterocycles. The van der Waals surface area contributed by atoms with Crippen molar-refractivity contribution >= 4 is 0 Å². The summed E-state index contributed by atoms with van der Waals surface area (Å²) in [4.78, 5) is 0. The SMILES string of the molecule is CCCc1cc(C)cc(-c2c3c(c(-c4cc(C)cc(CCC)c4CCC)c(-c4cc(C)cc(CCC)c4CCC)c2-c2cc(C)cc(CCC)c2CCC)-c2ccccc2-3)c1CCC. The maximum Gasteiger partial charge on any atom is -0.000730 e. The molecule has 0 saturated carbocycles. The molecule has 64 heavy (non-hydrogen) atoms. The lowest BCUT2D eigenvalue weighted by Crippen LogP contribution is -2.13. The Hall–Kier alpha value is -4.68. The molecule has 336 valence electrons. The number of rotatable bonds is 20. The highest BCUT2D eigenvalue weighted by Crippen LogP contribution is 2.64. The van der Waals surface area contributed by atoms with Crippen LogP contribution in [-0.4, -0.2) is 0 Å². The molecule has 0 amide bonds. The summed E-state index contributed by atoms with van der Waals surface area (Å²) in [6.45, 7) is 28.5. The monoisotopic (exact) mass is 849 g/mol. The zero-order chi connectivity index (χ0) is 45.7. The van der Waals surface area contributed by atoms with Gasteiger partial charge in [-0.3, -0.25) is 0 Å². The second kappa shape index (κ2) is 21.1. The molecule has 0 saturated heterocycles. The molecule has 0 fully saturated rings. The topological polar surface area (TPSA) is 0 Å². The Morgan fingerprint density at radius 1 is 0.250 bits per heavy atom. The van der Waals surface area contributed by atoms with E-state index < -0.39 is 0 Å². The fraction of sp³-hybridized carbons (Fsp3) is 0.438. The molecule has 0 atom stereocenters. The summed E-state index contributed by atoms with van der Waals surface area (Å²) < 4.78 is 0. The third kappa shape index (κ3) is 8.98. The minimum absolute atomic E-state index is 1.08. The van der Waals surface area contributed by atoms with Crippen LogP contribution in [0.5, 0.6) is 0 Å². The summed E-state index contributed by atoms with van der Waals surface area (Å²) in [5.74, 6) is 0. The largest absolute Gasteiger partial charge is 0.0651 e. The molecule has 0 spiro atoms. The molecule has 1 aliphatic rings. The Labute approximate surface area is 390 Å². The van der Waals surface area contributed by atoms with Gasteiger partial charge in [-0.15, -0.1) is 0 Å². The van der Waals surface area contributed by atoms with E-state index in [0.717, 1.165) is 103 Å². The van der Waals surface area contributed by atoms with Crippen molar-refractivity contribution in [2.24, 2.45) is 0 Å². The van der Waals surface area contributed by atoms with Gasteiger partial charge < -0.3 is 0 Å². The van der Waals surface area contributed by atoms with Crippen molar-refractivity contribution in [1.29, 1.82) is 0 Å². The van der Waals surface area contributed by atoms with Crippen molar-refractivity contribution in [2.75, 3.05) is 0 Å². The highest BCUT2D eigenvalue weighted by molar-refractivity contribution is 6.23. The van der Waals surface area contributed by atoms with E-state index in [9.17, 15) is 0 Å². The van der Waals surface area contributed by atoms with Crippen molar-refractivity contribution in [1.82, 2.24) is 0 Å². The van der Waals surface area contributed by atoms with E-state index in [1.807, 2.05) is 0 Å². The van der Waals surface area contributed by atoms with E-state index in [1.54, 1.807) is 44.5 Å². The van der Waals surface area contributed by atoms with Crippen molar-refractivity contribution in [3.8, 4) is 66.8 Å². The molecule has 0 aliphatic heterocycles. The first-order chi connectivity index (χ1) is 31.1. The summed E-state index contributed by atoms with van der Waals surface area (Å²) in [7, 11) is 0. The smallest absolute Gasteiger partial charge is 0.000730 e. The van der Waals surface area contributed by atoms with E-state index in [-0.39, 0.29) is 0 Å². The Morgan fingerprint density at radius 3 is 0.656 bits per heavy atom. The van der Waals surface area contributed by atoms with Gasteiger partial charge in [0.25, 0.3) is 0 Å². The lowest BCUT2D eigenvalue weighted by Gasteiger charge is -2.37. The predicted octanol–water partition coefficient (Wildman–Crippen LogP) is 18.9. The van der Waals surface area contributed by atoms with E-state index in [2.05, 4.69) is 156 Å². The quantitative estimate of drug-likeness (QED) is 0.0717. The molecule has 6 aromatic rings. The molecule has 0 N–H and O–H groups in total. The van der Waals surface area contributed by atoms with Crippen LogP contribution < -0.4 is 0 Å². The maximum absolute atomic E-state index is 2.63. The first-order valence-corrected chi connectivity index (χ1v) is 25.9. The number of aryl methyl sites for hydroxylation is 8. The van der Waals surface area contributed by atoms with Gasteiger partial charge in [-0.05, 0) is 190 Å². The van der Waals surface area contributed by atoms with Crippen molar-refractivity contribution in [3.63, 3.8) is 0 Å². The van der Waals surface area contributed by atoms with E-state index in [4.69, 9.17) is 0 Å². The van der Waals surface area contributed by atoms with Gasteiger partial charge in [-0.25, -0.2) is 0 Å². The van der Waals surface area contributed by atoms with Crippen LogP contribution in [-0.2, 0) is 51.4 Å². The van der Waals surface area contributed by atoms with Crippen LogP contribution in [0.4, 0.5) is 0 Å². The van der Waals surface area contributed by atoms with Crippen molar-refractivity contribution in [2.45, 2.75) is 186 Å². The van der Waals surface area contributed by atoms with Crippen molar-refractivity contribution in [3.05, 3.63) is 140 Å². The summed E-state index contributed by atoms with van der Waals surface area (Å²) in [6, 6.07) is 30.1. The first kappa shape index (κ1) is 47.3. The van der Waals surface area contributed by atoms with Gasteiger partial charge in [0.2, 0.25) is 0 Å². The summed E-state index contributed by atoms with van der Waals surface area (Å²) in [6.07, 6.45) is 17.8. The maximum atomic E-state index is 2.63. The van der Waals surface area contributed by atoms with Crippen LogP contribution in [0.1, 0.15) is 174 Å². The zero-order valence-electron chi connectivity index (χ0n) is 42.2. The lowest BCUT2D eigenvalue weighted by atomic mass is 9.65. The van der Waals surface area contributed by atoms with Crippen LogP contribution in [0.25, 0.3) is 66.8 Å². The minimum atomic E-state index is 1.08. The van der Waals surface area contributed by atoms with E-state index >= 15 is 0 Å². The zero-order valence-corrected chi connectivity index (χ0v) is 42.2. The fourth-order valence-corrected chi connectivity index (χ4v) is 11.8. The Balaban J connectivity index is 1.91. The Morgan fingerprint density at radius 2 is 0.453 bits per heavy atom. The van der Waals surface area contributed by atoms with Crippen LogP contribution in [0, 0.1) is 27.7 Å². The third-order valence-electron chi connectivity index (χ3n) is 14.1. The Bertz CT molecular complexity index is 2440. The van der Waals surface area contributed by atoms with Gasteiger partial charge in [0, 0.05) is 0 Å². The van der Waals surface area contributed by atoms with E-state index in [0.29, 0.717) is 0 Å². The fourth-order valence-electron chi connectivity index (χ4n) is 11.8. The van der Waals surface area contributed by atoms with Crippen molar-refractivity contribution < 1.29 is 0 Å². The number of hydrogen-bond donors (Lipinski definition) is 0. The number of fused-ring (bicyclic) bond motifs is 4. The average Bonchev–Trinajstić information content (AvgIpc) is 3.25. The first-order valence-electron chi connectivity index (χ1n) is 25.9. The van der Waals surface area contributed by atoms with E-state index in [1.165, 1.54) is 89.0 Å². The van der Waals surface area contributed by atoms with Crippen LogP contribution in [0.2, 0.25) is 0 Å². The van der Waals surface area contributed by atoms with Crippen LogP contribution in [0.3, 0.4) is 0 Å². The Kier molecular flexibility index (Phi) is 15.6. The summed E-state index contributed by atoms with van der Waals surface area (Å²) in [5.41, 5.74) is 35.6. The van der Waals surface area contributed by atoms with Gasteiger partial charge >= 0.3 is 0 Å². The molecule has 0 aromatic heterocycles. The number of benzene rings is 6.